The highest BCUT2D eigenvalue weighted by molar-refractivity contribution is 8.00. The number of hydrogen-bond donors (Lipinski definition) is 0. The number of hydrogen-bond acceptors (Lipinski definition) is 2. The molecule has 0 aliphatic heterocycles. The summed E-state index contributed by atoms with van der Waals surface area (Å²) in [6.45, 7) is 6.74. The van der Waals surface area contributed by atoms with Crippen molar-refractivity contribution >= 4 is 29.2 Å². The third kappa shape index (κ3) is 22.8. The third-order valence-corrected chi connectivity index (χ3v) is 6.84. The second-order valence-electron chi connectivity index (χ2n) is 9.32. The summed E-state index contributed by atoms with van der Waals surface area (Å²) in [5.41, 5.74) is 0. The Morgan fingerprint density at radius 1 is 0.467 bits per heavy atom. The lowest BCUT2D eigenvalue weighted by molar-refractivity contribution is 0.394. The molecule has 1 nitrogen and oxygen atoms in total. The van der Waals surface area contributed by atoms with E-state index in [4.69, 9.17) is 24.8 Å². The summed E-state index contributed by atoms with van der Waals surface area (Å²) in [4.78, 5) is 2.28. The molecular formula is C27H54NS2-. The van der Waals surface area contributed by atoms with Crippen LogP contribution in [0.2, 0.25) is 0 Å². The van der Waals surface area contributed by atoms with E-state index in [9.17, 15) is 0 Å². The Labute approximate surface area is 202 Å². The van der Waals surface area contributed by atoms with Gasteiger partial charge in [-0.1, -0.05) is 147 Å². The predicted molar refractivity (Wildman–Crippen MR) is 144 cm³/mol. The Morgan fingerprint density at radius 2 is 0.700 bits per heavy atom. The van der Waals surface area contributed by atoms with Crippen molar-refractivity contribution in [1.82, 2.24) is 4.90 Å². The summed E-state index contributed by atoms with van der Waals surface area (Å²) in [5, 5.41) is 0. The number of nitrogens with zero attached hydrogens (tertiary/aromatic N) is 1. The molecule has 180 valence electrons. The molecule has 0 aromatic carbocycles. The monoisotopic (exact) mass is 456 g/mol. The van der Waals surface area contributed by atoms with Gasteiger partial charge in [-0.2, -0.15) is 0 Å². The van der Waals surface area contributed by atoms with E-state index < -0.39 is 0 Å². The fourth-order valence-electron chi connectivity index (χ4n) is 4.23. The maximum absolute atomic E-state index is 5.32. The van der Waals surface area contributed by atoms with Crippen LogP contribution in [0.4, 0.5) is 0 Å². The van der Waals surface area contributed by atoms with Crippen LogP contribution >= 0.6 is 12.2 Å². The van der Waals surface area contributed by atoms with Crippen LogP contribution in [0.25, 0.3) is 0 Å². The molecule has 0 N–H and O–H groups in total. The normalized spacial score (nSPS) is 11.1. The van der Waals surface area contributed by atoms with Crippen LogP contribution in [0.5, 0.6) is 0 Å². The predicted octanol–water partition coefficient (Wildman–Crippen LogP) is 9.74. The highest BCUT2D eigenvalue weighted by atomic mass is 32.1. The Hall–Kier alpha value is 0.110. The molecule has 0 aromatic rings. The molecule has 0 fully saturated rings. The van der Waals surface area contributed by atoms with Gasteiger partial charge in [-0.15, -0.1) is 0 Å². The van der Waals surface area contributed by atoms with Crippen LogP contribution in [-0.4, -0.2) is 22.3 Å². The van der Waals surface area contributed by atoms with E-state index >= 15 is 0 Å². The lowest BCUT2D eigenvalue weighted by atomic mass is 10.1. The summed E-state index contributed by atoms with van der Waals surface area (Å²) >= 11 is 10.6. The van der Waals surface area contributed by atoms with Gasteiger partial charge in [0, 0.05) is 13.1 Å². The van der Waals surface area contributed by atoms with Crippen molar-refractivity contribution in [2.45, 2.75) is 155 Å². The average molecular weight is 457 g/mol. The van der Waals surface area contributed by atoms with Gasteiger partial charge in [-0.05, 0) is 12.8 Å². The van der Waals surface area contributed by atoms with Gasteiger partial charge in [0.2, 0.25) is 0 Å². The van der Waals surface area contributed by atoms with Crippen molar-refractivity contribution in [2.24, 2.45) is 0 Å². The molecule has 30 heavy (non-hydrogen) atoms. The largest absolute Gasteiger partial charge is 0.411 e. The highest BCUT2D eigenvalue weighted by Gasteiger charge is 2.02. The zero-order valence-electron chi connectivity index (χ0n) is 20.7. The molecule has 0 radical (unpaired) electrons. The van der Waals surface area contributed by atoms with E-state index in [1.165, 1.54) is 141 Å². The maximum atomic E-state index is 5.32. The Kier molecular flexibility index (Phi) is 25.5. The van der Waals surface area contributed by atoms with Crippen molar-refractivity contribution in [2.75, 3.05) is 13.1 Å². The van der Waals surface area contributed by atoms with Gasteiger partial charge in [-0.3, -0.25) is 0 Å². The summed E-state index contributed by atoms with van der Waals surface area (Å²) in [6.07, 6.45) is 30.7. The molecular weight excluding hydrogens is 402 g/mol. The average Bonchev–Trinajstić information content (AvgIpc) is 2.74. The van der Waals surface area contributed by atoms with Crippen molar-refractivity contribution < 1.29 is 0 Å². The molecule has 0 aromatic heterocycles. The molecule has 0 atom stereocenters. The highest BCUT2D eigenvalue weighted by Crippen LogP contribution is 2.13. The molecule has 0 saturated carbocycles. The summed E-state index contributed by atoms with van der Waals surface area (Å²) in [7, 11) is 0. The standard InChI is InChI=1S/C27H55NS2/c1-3-5-7-9-11-13-15-17-19-21-23-25-28(27(29)30)26-24-22-20-18-16-14-12-10-8-6-4-2/h3-26H2,1-2H3,(H,29,30)/p-1. The Balaban J connectivity index is 3.43. The van der Waals surface area contributed by atoms with Crippen LogP contribution in [0.15, 0.2) is 0 Å². The van der Waals surface area contributed by atoms with Gasteiger partial charge in [0.1, 0.15) is 0 Å². The minimum atomic E-state index is 0.689. The molecule has 0 bridgehead atoms. The van der Waals surface area contributed by atoms with Crippen LogP contribution in [-0.2, 0) is 12.6 Å². The van der Waals surface area contributed by atoms with Crippen molar-refractivity contribution in [3.05, 3.63) is 0 Å². The topological polar surface area (TPSA) is 3.24 Å². The zero-order valence-corrected chi connectivity index (χ0v) is 22.4. The third-order valence-electron chi connectivity index (χ3n) is 6.32. The molecule has 0 saturated heterocycles. The fraction of sp³-hybridized carbons (Fsp3) is 0.963. The molecule has 0 aliphatic carbocycles. The minimum absolute atomic E-state index is 0.689. The molecule has 0 heterocycles. The first-order valence-electron chi connectivity index (χ1n) is 13.7. The van der Waals surface area contributed by atoms with E-state index in [1.54, 1.807) is 0 Å². The number of unbranched alkanes of at least 4 members (excludes halogenated alkanes) is 20. The molecule has 0 rings (SSSR count). The first-order chi connectivity index (χ1) is 14.7. The van der Waals surface area contributed by atoms with Gasteiger partial charge in [-0.25, -0.2) is 0 Å². The molecule has 0 spiro atoms. The fourth-order valence-corrected chi connectivity index (χ4v) is 4.59. The van der Waals surface area contributed by atoms with Gasteiger partial charge in [0.05, 0.1) is 0 Å². The number of rotatable bonds is 24. The first kappa shape index (κ1) is 30.1. The van der Waals surface area contributed by atoms with Gasteiger partial charge < -0.3 is 29.7 Å². The summed E-state index contributed by atoms with van der Waals surface area (Å²) < 4.78 is 0.689. The van der Waals surface area contributed by atoms with Crippen LogP contribution < -0.4 is 0 Å². The minimum Gasteiger partial charge on any atom is -0.411 e. The SMILES string of the molecule is CCCCCCCCCCCCCN(CCCCCCCCCCCCC)C(=S)[S-]. The smallest absolute Gasteiger partial charge is 0.0162 e. The summed E-state index contributed by atoms with van der Waals surface area (Å²) in [6, 6.07) is 0. The summed E-state index contributed by atoms with van der Waals surface area (Å²) in [5.74, 6) is 0. The lowest BCUT2D eigenvalue weighted by Gasteiger charge is -2.28. The van der Waals surface area contributed by atoms with Crippen LogP contribution in [0.3, 0.4) is 0 Å². The van der Waals surface area contributed by atoms with Crippen molar-refractivity contribution in [3.63, 3.8) is 0 Å². The lowest BCUT2D eigenvalue weighted by Crippen LogP contribution is -2.30. The second kappa shape index (κ2) is 25.4. The Morgan fingerprint density at radius 3 is 0.933 bits per heavy atom. The van der Waals surface area contributed by atoms with E-state index in [0.29, 0.717) is 4.32 Å². The van der Waals surface area contributed by atoms with E-state index in [2.05, 4.69) is 18.7 Å². The van der Waals surface area contributed by atoms with Crippen molar-refractivity contribution in [3.8, 4) is 0 Å². The van der Waals surface area contributed by atoms with E-state index in [1.807, 2.05) is 0 Å². The molecule has 3 heteroatoms. The van der Waals surface area contributed by atoms with Gasteiger partial charge in [0.25, 0.3) is 0 Å². The Bertz CT molecular complexity index is 320. The van der Waals surface area contributed by atoms with Gasteiger partial charge in [0.15, 0.2) is 0 Å². The van der Waals surface area contributed by atoms with Crippen LogP contribution in [0, 0.1) is 0 Å². The van der Waals surface area contributed by atoms with Gasteiger partial charge >= 0.3 is 0 Å². The van der Waals surface area contributed by atoms with E-state index in [0.717, 1.165) is 13.1 Å². The van der Waals surface area contributed by atoms with E-state index in [-0.39, 0.29) is 0 Å². The number of thiocarbonyl (C=S) groups is 1. The zero-order chi connectivity index (χ0) is 22.1. The quantitative estimate of drug-likeness (QED) is 0.0808. The van der Waals surface area contributed by atoms with Crippen LogP contribution in [0.1, 0.15) is 155 Å². The second-order valence-corrected chi connectivity index (χ2v) is 10.4. The van der Waals surface area contributed by atoms with Crippen molar-refractivity contribution in [1.29, 1.82) is 0 Å². The first-order valence-corrected chi connectivity index (χ1v) is 14.5. The maximum Gasteiger partial charge on any atom is 0.0162 e. The molecule has 0 unspecified atom stereocenters. The molecule has 0 amide bonds. The molecule has 0 aliphatic rings.